The number of sulfonamides is 1. The van der Waals surface area contributed by atoms with E-state index in [9.17, 15) is 13.2 Å². The number of hydroxylamine groups is 1. The molecular formula is C17H19ClN2O4S. The Morgan fingerprint density at radius 3 is 2.24 bits per heavy atom. The molecule has 25 heavy (non-hydrogen) atoms. The minimum Gasteiger partial charge on any atom is -0.311 e. The minimum absolute atomic E-state index is 0.0124. The summed E-state index contributed by atoms with van der Waals surface area (Å²) in [5.41, 5.74) is 1.98. The highest BCUT2D eigenvalue weighted by molar-refractivity contribution is 7.89. The third-order valence-corrected chi connectivity index (χ3v) is 5.94. The van der Waals surface area contributed by atoms with Crippen molar-refractivity contribution in [1.82, 2.24) is 4.47 Å². The van der Waals surface area contributed by atoms with E-state index in [-0.39, 0.29) is 21.4 Å². The van der Waals surface area contributed by atoms with Gasteiger partial charge in [-0.15, -0.1) is 0 Å². The number of anilines is 1. The zero-order chi connectivity index (χ0) is 18.8. The first-order valence-corrected chi connectivity index (χ1v) is 9.17. The first-order valence-electron chi connectivity index (χ1n) is 7.36. The average Bonchev–Trinajstić information content (AvgIpc) is 2.60. The largest absolute Gasteiger partial charge is 0.311 e. The van der Waals surface area contributed by atoms with Crippen LogP contribution >= 0.6 is 11.6 Å². The molecule has 0 radical (unpaired) electrons. The van der Waals surface area contributed by atoms with E-state index in [0.29, 0.717) is 10.2 Å². The molecule has 0 aliphatic heterocycles. The zero-order valence-electron chi connectivity index (χ0n) is 14.4. The number of carbonyl (C=O) groups is 1. The van der Waals surface area contributed by atoms with E-state index in [0.717, 1.165) is 5.56 Å². The van der Waals surface area contributed by atoms with Gasteiger partial charge in [-0.3, -0.25) is 9.63 Å². The van der Waals surface area contributed by atoms with Gasteiger partial charge in [0.25, 0.3) is 15.9 Å². The fraction of sp³-hybridized carbons (Fsp3) is 0.235. The lowest BCUT2D eigenvalue weighted by Crippen LogP contribution is -2.28. The number of hydrogen-bond donors (Lipinski definition) is 0. The van der Waals surface area contributed by atoms with E-state index in [1.807, 2.05) is 31.2 Å². The highest BCUT2D eigenvalue weighted by atomic mass is 35.5. The van der Waals surface area contributed by atoms with Gasteiger partial charge in [0, 0.05) is 25.3 Å². The second kappa shape index (κ2) is 7.53. The molecule has 6 nitrogen and oxygen atoms in total. The number of amides is 1. The molecule has 0 fully saturated rings. The molecule has 0 N–H and O–H groups in total. The Morgan fingerprint density at radius 1 is 1.08 bits per heavy atom. The van der Waals surface area contributed by atoms with Crippen molar-refractivity contribution in [2.75, 3.05) is 26.1 Å². The Kier molecular flexibility index (Phi) is 5.84. The molecule has 0 bridgehead atoms. The van der Waals surface area contributed by atoms with Crippen LogP contribution in [0.1, 0.15) is 15.9 Å². The van der Waals surface area contributed by atoms with Crippen molar-refractivity contribution < 1.29 is 18.0 Å². The summed E-state index contributed by atoms with van der Waals surface area (Å²) >= 11 is 6.01. The second-order valence-corrected chi connectivity index (χ2v) is 7.75. The van der Waals surface area contributed by atoms with Gasteiger partial charge in [0.05, 0.1) is 12.1 Å². The van der Waals surface area contributed by atoms with Gasteiger partial charge in [-0.05, 0) is 37.3 Å². The van der Waals surface area contributed by atoms with Crippen molar-refractivity contribution in [2.45, 2.75) is 11.8 Å². The lowest BCUT2D eigenvalue weighted by atomic mass is 10.1. The molecule has 2 aromatic rings. The lowest BCUT2D eigenvalue weighted by Gasteiger charge is -2.19. The molecule has 0 saturated carbocycles. The fourth-order valence-electron chi connectivity index (χ4n) is 2.15. The summed E-state index contributed by atoms with van der Waals surface area (Å²) in [5.74, 6) is -0.350. The molecule has 0 aliphatic rings. The first-order chi connectivity index (χ1) is 11.7. The van der Waals surface area contributed by atoms with E-state index in [2.05, 4.69) is 0 Å². The SMILES string of the molecule is CON(C)S(=O)(=O)c1cc(C(=O)N(C)c2ccc(C)cc2)ccc1Cl. The normalized spacial score (nSPS) is 11.6. The number of benzene rings is 2. The Morgan fingerprint density at radius 2 is 1.68 bits per heavy atom. The van der Waals surface area contributed by atoms with E-state index >= 15 is 0 Å². The summed E-state index contributed by atoms with van der Waals surface area (Å²) in [6.45, 7) is 1.95. The van der Waals surface area contributed by atoms with Crippen LogP contribution in [0.2, 0.25) is 5.02 Å². The van der Waals surface area contributed by atoms with Gasteiger partial charge < -0.3 is 4.90 Å². The predicted molar refractivity (Wildman–Crippen MR) is 97.3 cm³/mol. The maximum absolute atomic E-state index is 12.7. The summed E-state index contributed by atoms with van der Waals surface area (Å²) in [6.07, 6.45) is 0. The molecule has 134 valence electrons. The molecule has 0 atom stereocenters. The quantitative estimate of drug-likeness (QED) is 0.745. The maximum atomic E-state index is 12.7. The Balaban J connectivity index is 2.42. The van der Waals surface area contributed by atoms with Gasteiger partial charge in [0.15, 0.2) is 0 Å². The number of carbonyl (C=O) groups excluding carboxylic acids is 1. The summed E-state index contributed by atoms with van der Waals surface area (Å²) in [4.78, 5) is 18.7. The van der Waals surface area contributed by atoms with Crippen LogP contribution in [-0.2, 0) is 14.9 Å². The molecule has 0 heterocycles. The average molecular weight is 383 g/mol. The molecule has 0 spiro atoms. The van der Waals surface area contributed by atoms with Crippen LogP contribution in [0.25, 0.3) is 0 Å². The number of nitrogens with zero attached hydrogens (tertiary/aromatic N) is 2. The zero-order valence-corrected chi connectivity index (χ0v) is 15.9. The van der Waals surface area contributed by atoms with Crippen molar-refractivity contribution in [3.63, 3.8) is 0 Å². The van der Waals surface area contributed by atoms with Crippen molar-refractivity contribution in [3.05, 3.63) is 58.6 Å². The lowest BCUT2D eigenvalue weighted by molar-refractivity contribution is -0.0258. The topological polar surface area (TPSA) is 66.9 Å². The monoisotopic (exact) mass is 382 g/mol. The van der Waals surface area contributed by atoms with Crippen molar-refractivity contribution in [2.24, 2.45) is 0 Å². The van der Waals surface area contributed by atoms with Crippen molar-refractivity contribution >= 4 is 33.2 Å². The molecule has 0 aromatic heterocycles. The standard InChI is InChI=1S/C17H19ClN2O4S/c1-12-5-8-14(9-6-12)19(2)17(21)13-7-10-15(18)16(11-13)25(22,23)20(3)24-4/h5-11H,1-4H3. The number of aryl methyl sites for hydroxylation is 1. The van der Waals surface area contributed by atoms with Crippen LogP contribution in [0.5, 0.6) is 0 Å². The smallest absolute Gasteiger partial charge is 0.266 e. The van der Waals surface area contributed by atoms with E-state index in [1.54, 1.807) is 7.05 Å². The highest BCUT2D eigenvalue weighted by Gasteiger charge is 2.26. The summed E-state index contributed by atoms with van der Waals surface area (Å²) in [6, 6.07) is 11.5. The van der Waals surface area contributed by atoms with E-state index in [1.165, 1.54) is 37.3 Å². The van der Waals surface area contributed by atoms with Crippen LogP contribution in [0.4, 0.5) is 5.69 Å². The van der Waals surface area contributed by atoms with Gasteiger partial charge in [-0.25, -0.2) is 8.42 Å². The maximum Gasteiger partial charge on any atom is 0.266 e. The van der Waals surface area contributed by atoms with Gasteiger partial charge >= 0.3 is 0 Å². The fourth-order valence-corrected chi connectivity index (χ4v) is 3.62. The van der Waals surface area contributed by atoms with Gasteiger partial charge in [0.1, 0.15) is 4.90 Å². The molecule has 0 saturated heterocycles. The van der Waals surface area contributed by atoms with Gasteiger partial charge in [0.2, 0.25) is 0 Å². The molecule has 2 rings (SSSR count). The van der Waals surface area contributed by atoms with E-state index in [4.69, 9.17) is 16.4 Å². The predicted octanol–water partition coefficient (Wildman–Crippen LogP) is 3.11. The van der Waals surface area contributed by atoms with E-state index < -0.39 is 10.0 Å². The Bertz CT molecular complexity index is 882. The first kappa shape index (κ1) is 19.4. The van der Waals surface area contributed by atoms with Gasteiger partial charge in [-0.2, -0.15) is 0 Å². The molecule has 8 heteroatoms. The third-order valence-electron chi connectivity index (χ3n) is 3.78. The summed E-state index contributed by atoms with van der Waals surface area (Å²) < 4.78 is 25.5. The Hall–Kier alpha value is -1.93. The Labute approximate surface area is 152 Å². The minimum atomic E-state index is -3.96. The van der Waals surface area contributed by atoms with Crippen molar-refractivity contribution in [1.29, 1.82) is 0 Å². The molecule has 1 amide bonds. The number of rotatable bonds is 5. The van der Waals surface area contributed by atoms with Crippen LogP contribution in [0.15, 0.2) is 47.4 Å². The van der Waals surface area contributed by atoms with Crippen LogP contribution < -0.4 is 4.90 Å². The van der Waals surface area contributed by atoms with Crippen LogP contribution in [0, 0.1) is 6.92 Å². The number of hydrogen-bond acceptors (Lipinski definition) is 4. The molecule has 0 aliphatic carbocycles. The second-order valence-electron chi connectivity index (χ2n) is 5.44. The van der Waals surface area contributed by atoms with Crippen LogP contribution in [0.3, 0.4) is 0 Å². The summed E-state index contributed by atoms with van der Waals surface area (Å²) in [7, 11) is 0.135. The van der Waals surface area contributed by atoms with Crippen molar-refractivity contribution in [3.8, 4) is 0 Å². The number of halogens is 1. The van der Waals surface area contributed by atoms with Gasteiger partial charge in [-0.1, -0.05) is 33.8 Å². The highest BCUT2D eigenvalue weighted by Crippen LogP contribution is 2.26. The molecule has 0 unspecified atom stereocenters. The molecular weight excluding hydrogens is 364 g/mol. The summed E-state index contributed by atoms with van der Waals surface area (Å²) in [5, 5.41) is 0.0124. The molecule has 2 aromatic carbocycles. The van der Waals surface area contributed by atoms with Crippen LogP contribution in [-0.4, -0.2) is 40.0 Å². The third kappa shape index (κ3) is 4.01.